The molecule has 0 saturated carbocycles. The number of anilines is 1. The van der Waals surface area contributed by atoms with Crippen molar-refractivity contribution in [2.45, 2.75) is 31.0 Å². The lowest BCUT2D eigenvalue weighted by Gasteiger charge is -2.43. The SMILES string of the molecule is CNCC1CC2(CCN1CCOc1ccc(-c3nnc4c(n3)C(=O)N(C)C(O)N4)cc1)OCCO2. The number of carbonyl (C=O) groups is 1. The van der Waals surface area contributed by atoms with E-state index in [2.05, 4.69) is 30.7 Å². The molecule has 3 N–H and O–H groups in total. The van der Waals surface area contributed by atoms with Crippen LogP contribution in [0.2, 0.25) is 0 Å². The van der Waals surface area contributed by atoms with Crippen LogP contribution in [0.15, 0.2) is 24.3 Å². The third-order valence-electron chi connectivity index (χ3n) is 6.70. The van der Waals surface area contributed by atoms with Crippen LogP contribution in [0.3, 0.4) is 0 Å². The van der Waals surface area contributed by atoms with Crippen molar-refractivity contribution in [3.8, 4) is 17.1 Å². The van der Waals surface area contributed by atoms with Gasteiger partial charge < -0.3 is 30.0 Å². The van der Waals surface area contributed by atoms with Crippen molar-refractivity contribution < 1.29 is 24.1 Å². The largest absolute Gasteiger partial charge is 0.492 e. The molecule has 1 aromatic heterocycles. The Hall–Kier alpha value is -2.90. The smallest absolute Gasteiger partial charge is 0.279 e. The molecule has 4 heterocycles. The molecule has 0 aliphatic carbocycles. The van der Waals surface area contributed by atoms with E-state index in [1.54, 1.807) is 0 Å². The summed E-state index contributed by atoms with van der Waals surface area (Å²) < 4.78 is 17.8. The normalized spacial score (nSPS) is 23.9. The van der Waals surface area contributed by atoms with Crippen LogP contribution in [0.25, 0.3) is 11.4 Å². The molecule has 1 spiro atoms. The Morgan fingerprint density at radius 2 is 2.03 bits per heavy atom. The van der Waals surface area contributed by atoms with E-state index >= 15 is 0 Å². The Balaban J connectivity index is 1.18. The topological polar surface area (TPSA) is 134 Å². The highest BCUT2D eigenvalue weighted by Gasteiger charge is 2.43. The van der Waals surface area contributed by atoms with Crippen LogP contribution >= 0.6 is 0 Å². The highest BCUT2D eigenvalue weighted by molar-refractivity contribution is 5.98. The number of aromatic nitrogens is 3. The molecular formula is C23H31N7O5. The standard InChI is InChI=1S/C23H31N7O5/c1-24-14-16-13-23(34-11-12-35-23)7-8-30(16)9-10-33-17-5-3-15(4-6-17)19-25-18-20(28-27-19)26-22(32)29(2)21(18)31/h3-6,16,22,24,32H,7-14H2,1-2H3,(H,26,28). The fourth-order valence-electron chi connectivity index (χ4n) is 4.75. The van der Waals surface area contributed by atoms with Gasteiger partial charge in [-0.2, -0.15) is 0 Å². The van der Waals surface area contributed by atoms with E-state index in [0.29, 0.717) is 37.3 Å². The van der Waals surface area contributed by atoms with Gasteiger partial charge in [-0.05, 0) is 31.3 Å². The first-order chi connectivity index (χ1) is 17.0. The molecule has 2 saturated heterocycles. The second-order valence-corrected chi connectivity index (χ2v) is 8.95. The molecule has 2 unspecified atom stereocenters. The summed E-state index contributed by atoms with van der Waals surface area (Å²) in [5.74, 6) is 0.382. The first-order valence-corrected chi connectivity index (χ1v) is 11.8. The van der Waals surface area contributed by atoms with Gasteiger partial charge in [0.1, 0.15) is 12.4 Å². The molecule has 5 rings (SSSR count). The van der Waals surface area contributed by atoms with Crippen molar-refractivity contribution in [2.75, 3.05) is 58.9 Å². The summed E-state index contributed by atoms with van der Waals surface area (Å²) in [6.45, 7) is 4.47. The highest BCUT2D eigenvalue weighted by atomic mass is 16.7. The zero-order chi connectivity index (χ0) is 24.4. The van der Waals surface area contributed by atoms with Crippen LogP contribution in [0.1, 0.15) is 23.3 Å². The zero-order valence-electron chi connectivity index (χ0n) is 19.9. The minimum atomic E-state index is -1.16. The Kier molecular flexibility index (Phi) is 6.80. The molecule has 35 heavy (non-hydrogen) atoms. The number of fused-ring (bicyclic) bond motifs is 1. The summed E-state index contributed by atoms with van der Waals surface area (Å²) in [4.78, 5) is 20.3. The molecule has 12 nitrogen and oxygen atoms in total. The molecule has 1 aromatic carbocycles. The molecule has 2 aromatic rings. The number of hydrogen-bond acceptors (Lipinski definition) is 11. The number of hydrogen-bond donors (Lipinski definition) is 3. The van der Waals surface area contributed by atoms with Gasteiger partial charge in [0.15, 0.2) is 23.1 Å². The number of piperidine rings is 1. The fraction of sp³-hybridized carbons (Fsp3) is 0.565. The van der Waals surface area contributed by atoms with Gasteiger partial charge in [0.25, 0.3) is 5.91 Å². The molecule has 1 amide bonds. The van der Waals surface area contributed by atoms with Gasteiger partial charge in [-0.3, -0.25) is 14.6 Å². The highest BCUT2D eigenvalue weighted by Crippen LogP contribution is 2.34. The zero-order valence-corrected chi connectivity index (χ0v) is 19.9. The average Bonchev–Trinajstić information content (AvgIpc) is 3.32. The summed E-state index contributed by atoms with van der Waals surface area (Å²) >= 11 is 0. The summed E-state index contributed by atoms with van der Waals surface area (Å²) in [6.07, 6.45) is 0.561. The van der Waals surface area contributed by atoms with E-state index in [0.717, 1.165) is 43.1 Å². The number of likely N-dealkylation sites (N-methyl/N-ethyl adjacent to an activating group) is 1. The van der Waals surface area contributed by atoms with Crippen LogP contribution in [0, 0.1) is 0 Å². The lowest BCUT2D eigenvalue weighted by molar-refractivity contribution is -0.196. The predicted octanol–water partition coefficient (Wildman–Crippen LogP) is 0.118. The van der Waals surface area contributed by atoms with Gasteiger partial charge >= 0.3 is 0 Å². The minimum absolute atomic E-state index is 0.121. The summed E-state index contributed by atoms with van der Waals surface area (Å²) in [6, 6.07) is 7.70. The molecule has 12 heteroatoms. The Morgan fingerprint density at radius 3 is 2.77 bits per heavy atom. The lowest BCUT2D eigenvalue weighted by Crippen LogP contribution is -2.54. The van der Waals surface area contributed by atoms with Gasteiger partial charge in [-0.1, -0.05) is 0 Å². The van der Waals surface area contributed by atoms with Gasteiger partial charge in [0.2, 0.25) is 6.35 Å². The number of amides is 1. The van der Waals surface area contributed by atoms with Crippen molar-refractivity contribution >= 4 is 11.7 Å². The Morgan fingerprint density at radius 1 is 1.26 bits per heavy atom. The number of nitrogens with one attached hydrogen (secondary N) is 2. The van der Waals surface area contributed by atoms with E-state index < -0.39 is 18.0 Å². The summed E-state index contributed by atoms with van der Waals surface area (Å²) in [5, 5.41) is 23.9. The number of nitrogens with zero attached hydrogens (tertiary/aromatic N) is 5. The van der Waals surface area contributed by atoms with Crippen LogP contribution in [-0.4, -0.2) is 108 Å². The maximum atomic E-state index is 12.4. The van der Waals surface area contributed by atoms with Crippen molar-refractivity contribution in [1.29, 1.82) is 0 Å². The minimum Gasteiger partial charge on any atom is -0.492 e. The Labute approximate surface area is 203 Å². The number of likely N-dealkylation sites (tertiary alicyclic amines) is 1. The van der Waals surface area contributed by atoms with Crippen molar-refractivity contribution in [1.82, 2.24) is 30.3 Å². The first kappa shape index (κ1) is 23.8. The van der Waals surface area contributed by atoms with Crippen molar-refractivity contribution in [3.63, 3.8) is 0 Å². The van der Waals surface area contributed by atoms with Crippen LogP contribution in [-0.2, 0) is 9.47 Å². The third kappa shape index (κ3) is 4.93. The lowest BCUT2D eigenvalue weighted by atomic mass is 9.95. The molecule has 3 aliphatic rings. The number of rotatable bonds is 7. The van der Waals surface area contributed by atoms with E-state index in [1.807, 2.05) is 31.3 Å². The number of carbonyl (C=O) groups excluding carboxylic acids is 1. The van der Waals surface area contributed by atoms with E-state index in [1.165, 1.54) is 7.05 Å². The average molecular weight is 486 g/mol. The van der Waals surface area contributed by atoms with E-state index in [-0.39, 0.29) is 11.5 Å². The molecule has 2 fully saturated rings. The fourth-order valence-corrected chi connectivity index (χ4v) is 4.75. The van der Waals surface area contributed by atoms with Gasteiger partial charge in [0.05, 0.1) is 13.2 Å². The van der Waals surface area contributed by atoms with E-state index in [4.69, 9.17) is 14.2 Å². The van der Waals surface area contributed by atoms with Crippen LogP contribution < -0.4 is 15.4 Å². The van der Waals surface area contributed by atoms with Gasteiger partial charge in [-0.25, -0.2) is 4.98 Å². The molecule has 188 valence electrons. The predicted molar refractivity (Wildman–Crippen MR) is 126 cm³/mol. The number of benzene rings is 1. The quantitative estimate of drug-likeness (QED) is 0.494. The van der Waals surface area contributed by atoms with Gasteiger partial charge in [-0.15, -0.1) is 10.2 Å². The Bertz CT molecular complexity index is 1050. The second kappa shape index (κ2) is 9.99. The number of aliphatic hydroxyl groups excluding tert-OH is 1. The molecule has 0 bridgehead atoms. The van der Waals surface area contributed by atoms with Gasteiger partial charge in [0, 0.05) is 51.1 Å². The second-order valence-electron chi connectivity index (χ2n) is 8.95. The van der Waals surface area contributed by atoms with Crippen molar-refractivity contribution in [3.05, 3.63) is 30.0 Å². The van der Waals surface area contributed by atoms with Crippen LogP contribution in [0.5, 0.6) is 5.75 Å². The molecule has 2 atom stereocenters. The molecular weight excluding hydrogens is 454 g/mol. The summed E-state index contributed by atoms with van der Waals surface area (Å²) in [5.41, 5.74) is 0.831. The van der Waals surface area contributed by atoms with Crippen LogP contribution in [0.4, 0.5) is 5.82 Å². The monoisotopic (exact) mass is 485 g/mol. The maximum absolute atomic E-state index is 12.4. The number of aliphatic hydroxyl groups is 1. The third-order valence-corrected chi connectivity index (χ3v) is 6.70. The summed E-state index contributed by atoms with van der Waals surface area (Å²) in [7, 11) is 3.44. The maximum Gasteiger partial charge on any atom is 0.279 e. The van der Waals surface area contributed by atoms with Crippen molar-refractivity contribution in [2.24, 2.45) is 0 Å². The van der Waals surface area contributed by atoms with E-state index in [9.17, 15) is 9.90 Å². The molecule has 3 aliphatic heterocycles. The number of ether oxygens (including phenoxy) is 3. The molecule has 0 radical (unpaired) electrons. The first-order valence-electron chi connectivity index (χ1n) is 11.8.